The van der Waals surface area contributed by atoms with Gasteiger partial charge in [0.15, 0.2) is 116 Å². The van der Waals surface area contributed by atoms with Crippen LogP contribution in [0.25, 0.3) is 101 Å². The molecule has 8 nitrogen and oxygen atoms in total. The van der Waals surface area contributed by atoms with E-state index in [1.807, 2.05) is 10.6 Å². The number of rotatable bonds is 5. The molecule has 2 amide bonds. The normalized spacial score (nSPS) is 12.6. The van der Waals surface area contributed by atoms with Gasteiger partial charge >= 0.3 is 0 Å². The molecule has 7 heterocycles. The molecule has 3 aliphatic heterocycles. The highest BCUT2D eigenvalue weighted by Crippen LogP contribution is 2.48. The van der Waals surface area contributed by atoms with Crippen molar-refractivity contribution in [1.29, 1.82) is 0 Å². The molecule has 33 heteroatoms. The predicted molar refractivity (Wildman–Crippen MR) is 272 cm³/mol. The number of carbonyl (C=O) groups is 2. The molecule has 0 spiro atoms. The SMILES string of the molecule is O=C1Nc2cc1c(-c1c(F)c(F)c(F)c(F)c1F)c1ccc([nH]1)c(-c1c(F)c(F)c(F)c(F)c1F)c1nc(c(-c3c(F)c(F)c(F)c(F)c3F)c3cc(c(-c4c(F)c(F)c(F)c(F)c4F)c4ccc([nH]4)c4ccc([nH]4)c2-c2c(F)c(F)c(F)c(F)c2F)C(=O)N3)C=C1. The van der Waals surface area contributed by atoms with E-state index in [1.54, 1.807) is 0 Å². The fraction of sp³-hybridized carbons (Fsp3) is 0. The highest BCUT2D eigenvalue weighted by atomic mass is 19.2. The number of hydrogen-bond donors (Lipinski definition) is 5. The topological polar surface area (TPSA) is 118 Å². The molecule has 5 N–H and O–H groups in total. The number of anilines is 2. The molecule has 3 aliphatic rings. The fourth-order valence-electron chi connectivity index (χ4n) is 10.4. The molecular weight excluding hydrogens is 1300 g/mol. The Kier molecular flexibility index (Phi) is 14.4. The summed E-state index contributed by atoms with van der Waals surface area (Å²) in [5.41, 5.74) is -32.2. The van der Waals surface area contributed by atoms with Gasteiger partial charge in [-0.15, -0.1) is 0 Å². The van der Waals surface area contributed by atoms with Crippen LogP contribution in [0, 0.1) is 145 Å². The Morgan fingerprint density at radius 3 is 0.750 bits per heavy atom. The zero-order chi connectivity index (χ0) is 66.6. The molecule has 0 unspecified atom stereocenters. The van der Waals surface area contributed by atoms with Crippen LogP contribution in [0.5, 0.6) is 0 Å². The number of nitrogens with one attached hydrogen (secondary N) is 5. The quantitative estimate of drug-likeness (QED) is 0.0671. The number of carbonyl (C=O) groups excluding carboxylic acids is 2. The van der Waals surface area contributed by atoms with Crippen molar-refractivity contribution in [3.63, 3.8) is 0 Å². The van der Waals surface area contributed by atoms with E-state index in [0.717, 1.165) is 12.1 Å². The molecule has 5 aromatic carbocycles. The van der Waals surface area contributed by atoms with Gasteiger partial charge in [-0.05, 0) is 60.7 Å². The van der Waals surface area contributed by atoms with Gasteiger partial charge in [0.1, 0.15) is 0 Å². The summed E-state index contributed by atoms with van der Waals surface area (Å²) >= 11 is 0. The average molecular weight is 1310 g/mol. The van der Waals surface area contributed by atoms with Crippen LogP contribution in [-0.2, 0) is 0 Å². The van der Waals surface area contributed by atoms with Gasteiger partial charge in [0.25, 0.3) is 11.8 Å². The zero-order valence-corrected chi connectivity index (χ0v) is 43.5. The first kappa shape index (κ1) is 61.2. The van der Waals surface area contributed by atoms with E-state index in [1.165, 1.54) is 0 Å². The van der Waals surface area contributed by atoms with Gasteiger partial charge in [0.2, 0.25) is 29.1 Å². The molecule has 4 aromatic heterocycles. The number of amides is 2. The molecule has 12 rings (SSSR count). The van der Waals surface area contributed by atoms with E-state index in [-0.39, 0.29) is 12.1 Å². The number of hydrogen-bond acceptors (Lipinski definition) is 3. The summed E-state index contributed by atoms with van der Waals surface area (Å²) in [6, 6.07) is 4.12. The van der Waals surface area contributed by atoms with E-state index in [2.05, 4.69) is 19.9 Å². The fourth-order valence-corrected chi connectivity index (χ4v) is 10.4. The van der Waals surface area contributed by atoms with E-state index < -0.39 is 280 Å². The number of benzene rings is 5. The lowest BCUT2D eigenvalue weighted by Crippen LogP contribution is -2.10. The molecule has 0 saturated heterocycles. The highest BCUT2D eigenvalue weighted by molar-refractivity contribution is 6.19. The smallest absolute Gasteiger partial charge is 0.256 e. The summed E-state index contributed by atoms with van der Waals surface area (Å²) in [6.45, 7) is 0. The summed E-state index contributed by atoms with van der Waals surface area (Å²) in [5.74, 6) is -74.0. The van der Waals surface area contributed by atoms with E-state index in [0.29, 0.717) is 36.4 Å². The molecule has 468 valence electrons. The minimum atomic E-state index is -2.90. The van der Waals surface area contributed by atoms with Crippen molar-refractivity contribution in [1.82, 2.24) is 19.9 Å². The van der Waals surface area contributed by atoms with Gasteiger partial charge in [0.05, 0.1) is 72.7 Å². The number of fused-ring (bicyclic) bond motifs is 13. The van der Waals surface area contributed by atoms with Crippen LogP contribution in [0.4, 0.5) is 121 Å². The van der Waals surface area contributed by atoms with Crippen molar-refractivity contribution in [3.8, 4) is 55.6 Å². The first-order chi connectivity index (χ1) is 43.4. The Morgan fingerprint density at radius 1 is 0.228 bits per heavy atom. The molecular formula is C59H15F25N6O2. The second-order valence-corrected chi connectivity index (χ2v) is 19.5. The van der Waals surface area contributed by atoms with Crippen molar-refractivity contribution in [2.45, 2.75) is 0 Å². The zero-order valence-electron chi connectivity index (χ0n) is 43.5. The Hall–Kier alpha value is -11.0. The maximum absolute atomic E-state index is 16.3. The van der Waals surface area contributed by atoms with Gasteiger partial charge in [0, 0.05) is 49.9 Å². The van der Waals surface area contributed by atoms with Gasteiger partial charge in [-0.3, -0.25) is 9.59 Å². The van der Waals surface area contributed by atoms with Gasteiger partial charge in [-0.1, -0.05) is 0 Å². The third-order valence-electron chi connectivity index (χ3n) is 14.5. The number of aromatic amines is 3. The van der Waals surface area contributed by atoms with Crippen LogP contribution >= 0.6 is 0 Å². The van der Waals surface area contributed by atoms with Crippen molar-refractivity contribution < 1.29 is 119 Å². The molecule has 0 radical (unpaired) electrons. The second-order valence-electron chi connectivity index (χ2n) is 19.5. The standard InChI is InChI=1S/C59H15F25N6O2/c60-33-28(34(61)44(71)53(80)43(33)70)23-11-9-22(90-58(11)91)27(32-41(68)51(78)57(84)52(79)42(32)69)20-8-7-18(88-20)25(30-37(64)47(74)55(82)48(75)38(30)65)17-6-5-16(87-17)24(29-35(62)45(72)54(81)46(73)36(29)63)12-10-21(89-59(12)92)26(31-39(66)49(76)56(83)50(77)40(31)67)19-4-2-14(86-19)13-1-3-15(23)85-13/h1-10,85-87H,(H,89,92)(H,90,91). The molecule has 92 heavy (non-hydrogen) atoms. The monoisotopic (exact) mass is 1310 g/mol. The molecule has 0 fully saturated rings. The maximum atomic E-state index is 16.3. The van der Waals surface area contributed by atoms with Crippen LogP contribution in [0.2, 0.25) is 0 Å². The van der Waals surface area contributed by atoms with Crippen molar-refractivity contribution in [3.05, 3.63) is 216 Å². The van der Waals surface area contributed by atoms with Crippen molar-refractivity contribution >= 4 is 68.4 Å². The summed E-state index contributed by atoms with van der Waals surface area (Å²) in [6.07, 6.45) is 0.739. The number of halogens is 25. The van der Waals surface area contributed by atoms with E-state index in [9.17, 15) is 31.5 Å². The predicted octanol–water partition coefficient (Wildman–Crippen LogP) is 17.9. The molecule has 9 aromatic rings. The Balaban J connectivity index is 1.39. The third kappa shape index (κ3) is 8.85. The Morgan fingerprint density at radius 2 is 0.435 bits per heavy atom. The molecule has 0 atom stereocenters. The summed E-state index contributed by atoms with van der Waals surface area (Å²) < 4.78 is 390. The number of H-pyrrole nitrogens is 3. The minimum absolute atomic E-state index is 0.197. The third-order valence-corrected chi connectivity index (χ3v) is 14.5. The lowest BCUT2D eigenvalue weighted by atomic mass is 9.98. The van der Waals surface area contributed by atoms with E-state index >= 15 is 87.8 Å². The molecule has 12 bridgehead atoms. The van der Waals surface area contributed by atoms with Crippen molar-refractivity contribution in [2.75, 3.05) is 10.6 Å². The van der Waals surface area contributed by atoms with E-state index in [4.69, 9.17) is 0 Å². The van der Waals surface area contributed by atoms with Gasteiger partial charge < -0.3 is 25.6 Å². The number of nitrogens with zero attached hydrogens (tertiary/aromatic N) is 1. The van der Waals surface area contributed by atoms with Crippen LogP contribution in [0.15, 0.2) is 48.5 Å². The van der Waals surface area contributed by atoms with Gasteiger partial charge in [-0.2, -0.15) is 0 Å². The van der Waals surface area contributed by atoms with Crippen LogP contribution in [0.3, 0.4) is 0 Å². The summed E-state index contributed by atoms with van der Waals surface area (Å²) in [7, 11) is 0. The Labute approximate surface area is 489 Å². The van der Waals surface area contributed by atoms with Gasteiger partial charge in [-0.25, -0.2) is 115 Å². The largest absolute Gasteiger partial charge is 0.354 e. The maximum Gasteiger partial charge on any atom is 0.256 e. The van der Waals surface area contributed by atoms with Crippen molar-refractivity contribution in [2.24, 2.45) is 0 Å². The Bertz CT molecular complexity index is 5160. The van der Waals surface area contributed by atoms with Crippen LogP contribution in [0.1, 0.15) is 32.1 Å². The van der Waals surface area contributed by atoms with Crippen LogP contribution < -0.4 is 10.6 Å². The summed E-state index contributed by atoms with van der Waals surface area (Å²) in [5, 5.41) is 3.67. The first-order valence-electron chi connectivity index (χ1n) is 24.9. The van der Waals surface area contributed by atoms with Crippen LogP contribution in [-0.4, -0.2) is 31.8 Å². The average Bonchev–Trinajstić information content (AvgIpc) is 1.52. The second kappa shape index (κ2) is 21.6. The first-order valence-corrected chi connectivity index (χ1v) is 24.9. The minimum Gasteiger partial charge on any atom is -0.354 e. The lowest BCUT2D eigenvalue weighted by molar-refractivity contribution is 0.102. The molecule has 0 saturated carbocycles. The molecule has 0 aliphatic carbocycles. The lowest BCUT2D eigenvalue weighted by Gasteiger charge is -2.12. The highest BCUT2D eigenvalue weighted by Gasteiger charge is 2.39. The number of aromatic nitrogens is 4. The summed E-state index contributed by atoms with van der Waals surface area (Å²) in [4.78, 5) is 39.4.